The molecule has 3 atom stereocenters. The van der Waals surface area contributed by atoms with Gasteiger partial charge in [-0.25, -0.2) is 17.6 Å². The molecular formula is C22H21FN2O4S. The van der Waals surface area contributed by atoms with E-state index in [1.54, 1.807) is 4.90 Å². The van der Waals surface area contributed by atoms with E-state index in [2.05, 4.69) is 0 Å². The fourth-order valence-electron chi connectivity index (χ4n) is 4.27. The van der Waals surface area contributed by atoms with Crippen molar-refractivity contribution in [3.8, 4) is 0 Å². The number of hydrogen-bond acceptors (Lipinski definition) is 5. The molecule has 0 saturated carbocycles. The summed E-state index contributed by atoms with van der Waals surface area (Å²) in [6, 6.07) is 16.1. The van der Waals surface area contributed by atoms with E-state index in [1.165, 1.54) is 18.2 Å². The number of carboxylic acids is 1. The first-order chi connectivity index (χ1) is 14.2. The fourth-order valence-corrected chi connectivity index (χ4v) is 5.10. The zero-order valence-electron chi connectivity index (χ0n) is 16.2. The number of benzene rings is 3. The molecule has 0 saturated heterocycles. The van der Waals surface area contributed by atoms with E-state index < -0.39 is 39.0 Å². The van der Waals surface area contributed by atoms with Crippen molar-refractivity contribution in [3.05, 3.63) is 77.6 Å². The molecular weight excluding hydrogens is 407 g/mol. The maximum atomic E-state index is 14.0. The lowest BCUT2D eigenvalue weighted by atomic mass is 9.94. The Balaban J connectivity index is 1.87. The number of nitrogens with two attached hydrogens (primary N) is 1. The average molecular weight is 428 g/mol. The molecule has 0 aliphatic carbocycles. The lowest BCUT2D eigenvalue weighted by Crippen LogP contribution is -2.48. The van der Waals surface area contributed by atoms with Crippen LogP contribution in [0.5, 0.6) is 0 Å². The number of aliphatic carboxylic acids is 1. The van der Waals surface area contributed by atoms with Crippen LogP contribution in [0.2, 0.25) is 0 Å². The molecule has 1 aliphatic rings. The standard InChI is InChI=1S/C22H21FN2O4S/c1-30(28,29)21(24)19-17-11-15(23)9-10-18(17)25(20(19)22(26)27)12-14-7-4-6-13-5-2-3-8-16(13)14/h2-11,19-21H,12,24H2,1H3,(H,26,27). The van der Waals surface area contributed by atoms with Gasteiger partial charge in [-0.3, -0.25) is 0 Å². The first-order valence-electron chi connectivity index (χ1n) is 9.38. The molecule has 1 aliphatic heterocycles. The number of nitrogens with zero attached hydrogens (tertiary/aromatic N) is 1. The third-order valence-electron chi connectivity index (χ3n) is 5.66. The monoisotopic (exact) mass is 428 g/mol. The van der Waals surface area contributed by atoms with Crippen LogP contribution in [0.15, 0.2) is 60.7 Å². The van der Waals surface area contributed by atoms with Gasteiger partial charge in [0.1, 0.15) is 17.2 Å². The third kappa shape index (κ3) is 3.42. The van der Waals surface area contributed by atoms with E-state index in [0.29, 0.717) is 11.3 Å². The van der Waals surface area contributed by atoms with E-state index >= 15 is 0 Å². The zero-order valence-corrected chi connectivity index (χ0v) is 17.0. The minimum atomic E-state index is -3.77. The number of carboxylic acid groups (broad SMARTS) is 1. The van der Waals surface area contributed by atoms with Gasteiger partial charge in [0.25, 0.3) is 0 Å². The van der Waals surface area contributed by atoms with E-state index in [9.17, 15) is 22.7 Å². The minimum Gasteiger partial charge on any atom is -0.480 e. The summed E-state index contributed by atoms with van der Waals surface area (Å²) in [5.41, 5.74) is 7.64. The first kappa shape index (κ1) is 20.3. The first-order valence-corrected chi connectivity index (χ1v) is 11.3. The molecule has 0 fully saturated rings. The molecule has 3 aromatic rings. The smallest absolute Gasteiger partial charge is 0.327 e. The van der Waals surface area contributed by atoms with Crippen LogP contribution >= 0.6 is 0 Å². The van der Waals surface area contributed by atoms with Crippen LogP contribution in [0.1, 0.15) is 17.0 Å². The lowest BCUT2D eigenvalue weighted by molar-refractivity contribution is -0.139. The van der Waals surface area contributed by atoms with Gasteiger partial charge in [0.2, 0.25) is 0 Å². The van der Waals surface area contributed by atoms with Crippen LogP contribution < -0.4 is 10.6 Å². The number of rotatable bonds is 5. The van der Waals surface area contributed by atoms with Crippen LogP contribution in [-0.2, 0) is 21.2 Å². The van der Waals surface area contributed by atoms with Crippen molar-refractivity contribution in [2.75, 3.05) is 11.2 Å². The predicted octanol–water partition coefficient (Wildman–Crippen LogP) is 2.87. The summed E-state index contributed by atoms with van der Waals surface area (Å²) >= 11 is 0. The molecule has 0 amide bonds. The van der Waals surface area contributed by atoms with Gasteiger partial charge in [0, 0.05) is 24.4 Å². The highest BCUT2D eigenvalue weighted by molar-refractivity contribution is 7.91. The summed E-state index contributed by atoms with van der Waals surface area (Å²) in [7, 11) is -3.77. The number of anilines is 1. The largest absolute Gasteiger partial charge is 0.480 e. The van der Waals surface area contributed by atoms with Crippen LogP contribution in [0, 0.1) is 5.82 Å². The molecule has 30 heavy (non-hydrogen) atoms. The second-order valence-electron chi connectivity index (χ2n) is 7.57. The summed E-state index contributed by atoms with van der Waals surface area (Å²) in [4.78, 5) is 13.9. The highest BCUT2D eigenvalue weighted by Crippen LogP contribution is 2.45. The summed E-state index contributed by atoms with van der Waals surface area (Å²) in [6.45, 7) is 0.212. The van der Waals surface area contributed by atoms with Crippen molar-refractivity contribution in [1.29, 1.82) is 0 Å². The van der Waals surface area contributed by atoms with Crippen molar-refractivity contribution in [2.45, 2.75) is 23.9 Å². The van der Waals surface area contributed by atoms with Gasteiger partial charge in [-0.2, -0.15) is 0 Å². The molecule has 0 aromatic heterocycles. The Morgan fingerprint density at radius 1 is 1.17 bits per heavy atom. The molecule has 156 valence electrons. The van der Waals surface area contributed by atoms with Gasteiger partial charge in [0.15, 0.2) is 9.84 Å². The molecule has 0 bridgehead atoms. The SMILES string of the molecule is CS(=O)(=O)C(N)C1c2cc(F)ccc2N(Cc2cccc3ccccc23)C1C(=O)O. The van der Waals surface area contributed by atoms with Crippen molar-refractivity contribution >= 4 is 32.3 Å². The normalized spacial score (nSPS) is 19.6. The number of halogens is 1. The van der Waals surface area contributed by atoms with Gasteiger partial charge >= 0.3 is 5.97 Å². The zero-order chi connectivity index (χ0) is 21.6. The van der Waals surface area contributed by atoms with Crippen molar-refractivity contribution in [2.24, 2.45) is 5.73 Å². The molecule has 1 heterocycles. The van der Waals surface area contributed by atoms with Crippen LogP contribution in [0.3, 0.4) is 0 Å². The minimum absolute atomic E-state index is 0.212. The van der Waals surface area contributed by atoms with Gasteiger partial charge in [0.05, 0.1) is 0 Å². The predicted molar refractivity (Wildman–Crippen MR) is 114 cm³/mol. The Morgan fingerprint density at radius 3 is 2.57 bits per heavy atom. The number of carbonyl (C=O) groups is 1. The summed E-state index contributed by atoms with van der Waals surface area (Å²) in [5.74, 6) is -2.88. The van der Waals surface area contributed by atoms with Gasteiger partial charge in [-0.05, 0) is 40.1 Å². The Morgan fingerprint density at radius 2 is 1.87 bits per heavy atom. The lowest BCUT2D eigenvalue weighted by Gasteiger charge is -2.29. The maximum Gasteiger partial charge on any atom is 0.327 e. The summed E-state index contributed by atoms with van der Waals surface area (Å²) < 4.78 is 38.4. The third-order valence-corrected chi connectivity index (χ3v) is 6.94. The molecule has 6 nitrogen and oxygen atoms in total. The van der Waals surface area contributed by atoms with Gasteiger partial charge < -0.3 is 15.7 Å². The van der Waals surface area contributed by atoms with Crippen LogP contribution in [-0.4, -0.2) is 37.2 Å². The Hall–Kier alpha value is -2.97. The molecule has 0 spiro atoms. The molecule has 3 N–H and O–H groups in total. The highest BCUT2D eigenvalue weighted by atomic mass is 32.2. The number of sulfone groups is 1. The summed E-state index contributed by atoms with van der Waals surface area (Å²) in [5, 5.41) is 10.5. The van der Waals surface area contributed by atoms with Crippen molar-refractivity contribution in [3.63, 3.8) is 0 Å². The number of hydrogen-bond donors (Lipinski definition) is 2. The number of fused-ring (bicyclic) bond motifs is 2. The van der Waals surface area contributed by atoms with Gasteiger partial charge in [-0.15, -0.1) is 0 Å². The molecule has 0 radical (unpaired) electrons. The molecule has 8 heteroatoms. The van der Waals surface area contributed by atoms with E-state index in [1.807, 2.05) is 42.5 Å². The average Bonchev–Trinajstić information content (AvgIpc) is 3.00. The topological polar surface area (TPSA) is 101 Å². The van der Waals surface area contributed by atoms with E-state index in [-0.39, 0.29) is 6.54 Å². The molecule has 4 rings (SSSR count). The van der Waals surface area contributed by atoms with E-state index in [0.717, 1.165) is 22.6 Å². The highest BCUT2D eigenvalue weighted by Gasteiger charge is 2.48. The Labute approximate surface area is 173 Å². The van der Waals surface area contributed by atoms with Crippen molar-refractivity contribution in [1.82, 2.24) is 0 Å². The van der Waals surface area contributed by atoms with Crippen LogP contribution in [0.25, 0.3) is 10.8 Å². The fraction of sp³-hybridized carbons (Fsp3) is 0.227. The van der Waals surface area contributed by atoms with Crippen LogP contribution in [0.4, 0.5) is 10.1 Å². The molecule has 3 unspecified atom stereocenters. The van der Waals surface area contributed by atoms with Crippen molar-refractivity contribution < 1.29 is 22.7 Å². The van der Waals surface area contributed by atoms with E-state index in [4.69, 9.17) is 5.73 Å². The quantitative estimate of drug-likeness (QED) is 0.648. The Kier molecular flexibility index (Phi) is 4.99. The molecule has 3 aromatic carbocycles. The Bertz CT molecular complexity index is 1240. The maximum absolute atomic E-state index is 14.0. The second kappa shape index (κ2) is 7.37. The van der Waals surface area contributed by atoms with Gasteiger partial charge in [-0.1, -0.05) is 42.5 Å². The summed E-state index contributed by atoms with van der Waals surface area (Å²) in [6.07, 6.45) is 0.961. The second-order valence-corrected chi connectivity index (χ2v) is 9.78.